The van der Waals surface area contributed by atoms with E-state index >= 15 is 0 Å². The molecule has 1 fully saturated rings. The first-order chi connectivity index (χ1) is 8.91. The van der Waals surface area contributed by atoms with E-state index in [0.29, 0.717) is 17.1 Å². The topological polar surface area (TPSA) is 40.5 Å². The predicted molar refractivity (Wildman–Crippen MR) is 84.5 cm³/mol. The Hall–Kier alpha value is -0.330. The molecule has 19 heavy (non-hydrogen) atoms. The van der Waals surface area contributed by atoms with Gasteiger partial charge in [-0.15, -0.1) is 0 Å². The van der Waals surface area contributed by atoms with E-state index in [1.807, 2.05) is 6.07 Å². The van der Waals surface area contributed by atoms with Crippen molar-refractivity contribution in [2.24, 2.45) is 0 Å². The van der Waals surface area contributed by atoms with Gasteiger partial charge in [0, 0.05) is 22.7 Å². The molecule has 0 spiro atoms. The molecule has 0 heterocycles. The standard InChI is InChI=1S/C14H17ClINO2/c1-17(9-14(19)6-2-3-7-14)13(18)10-4-5-12(16)11(15)8-10/h4-5,8,19H,2-3,6-7,9H2,1H3. The summed E-state index contributed by atoms with van der Waals surface area (Å²) in [5, 5.41) is 10.9. The molecule has 0 radical (unpaired) electrons. The normalized spacial score (nSPS) is 17.5. The van der Waals surface area contributed by atoms with Gasteiger partial charge in [-0.3, -0.25) is 4.79 Å². The molecule has 3 nitrogen and oxygen atoms in total. The molecule has 1 aliphatic carbocycles. The Morgan fingerprint density at radius 2 is 2.11 bits per heavy atom. The summed E-state index contributed by atoms with van der Waals surface area (Å²) < 4.78 is 0.924. The maximum atomic E-state index is 12.3. The summed E-state index contributed by atoms with van der Waals surface area (Å²) >= 11 is 8.16. The molecule has 1 amide bonds. The summed E-state index contributed by atoms with van der Waals surface area (Å²) in [5.74, 6) is -0.0985. The lowest BCUT2D eigenvalue weighted by atomic mass is 10.0. The van der Waals surface area contributed by atoms with Crippen molar-refractivity contribution in [3.05, 3.63) is 32.4 Å². The number of carbonyl (C=O) groups excluding carboxylic acids is 1. The highest BCUT2D eigenvalue weighted by Gasteiger charge is 2.33. The van der Waals surface area contributed by atoms with E-state index in [1.165, 1.54) is 0 Å². The van der Waals surface area contributed by atoms with E-state index in [2.05, 4.69) is 22.6 Å². The summed E-state index contributed by atoms with van der Waals surface area (Å²) in [7, 11) is 1.73. The Balaban J connectivity index is 2.08. The summed E-state index contributed by atoms with van der Waals surface area (Å²) in [6.45, 7) is 0.384. The zero-order valence-corrected chi connectivity index (χ0v) is 13.7. The quantitative estimate of drug-likeness (QED) is 0.800. The fourth-order valence-corrected chi connectivity index (χ4v) is 3.07. The predicted octanol–water partition coefficient (Wildman–Crippen LogP) is 3.32. The van der Waals surface area contributed by atoms with Gasteiger partial charge in [-0.1, -0.05) is 24.4 Å². The second kappa shape index (κ2) is 5.97. The van der Waals surface area contributed by atoms with E-state index in [1.54, 1.807) is 24.1 Å². The van der Waals surface area contributed by atoms with Crippen LogP contribution in [0.3, 0.4) is 0 Å². The molecule has 1 aliphatic rings. The Morgan fingerprint density at radius 1 is 1.47 bits per heavy atom. The van der Waals surface area contributed by atoms with Crippen LogP contribution in [0.15, 0.2) is 18.2 Å². The number of carbonyl (C=O) groups is 1. The average molecular weight is 394 g/mol. The van der Waals surface area contributed by atoms with E-state index in [4.69, 9.17) is 11.6 Å². The van der Waals surface area contributed by atoms with Crippen LogP contribution in [0, 0.1) is 3.57 Å². The lowest BCUT2D eigenvalue weighted by Crippen LogP contribution is -2.42. The highest BCUT2D eigenvalue weighted by atomic mass is 127. The van der Waals surface area contributed by atoms with Gasteiger partial charge < -0.3 is 10.0 Å². The van der Waals surface area contributed by atoms with Crippen molar-refractivity contribution in [1.82, 2.24) is 4.90 Å². The molecule has 1 saturated carbocycles. The van der Waals surface area contributed by atoms with Gasteiger partial charge in [0.15, 0.2) is 0 Å². The average Bonchev–Trinajstić information content (AvgIpc) is 2.78. The maximum absolute atomic E-state index is 12.3. The third kappa shape index (κ3) is 3.61. The van der Waals surface area contributed by atoms with Crippen LogP contribution in [0.1, 0.15) is 36.0 Å². The Morgan fingerprint density at radius 3 is 2.68 bits per heavy atom. The van der Waals surface area contributed by atoms with Gasteiger partial charge in [0.05, 0.1) is 10.6 Å². The van der Waals surface area contributed by atoms with E-state index < -0.39 is 5.60 Å². The number of nitrogens with zero attached hydrogens (tertiary/aromatic N) is 1. The summed E-state index contributed by atoms with van der Waals surface area (Å²) in [6, 6.07) is 5.28. The van der Waals surface area contributed by atoms with Crippen LogP contribution in [0.2, 0.25) is 5.02 Å². The largest absolute Gasteiger partial charge is 0.388 e. The molecule has 1 aromatic rings. The van der Waals surface area contributed by atoms with Crippen LogP contribution in [-0.4, -0.2) is 35.1 Å². The number of likely N-dealkylation sites (N-methyl/N-ethyl adjacent to an activating group) is 1. The fourth-order valence-electron chi connectivity index (χ4n) is 2.55. The van der Waals surface area contributed by atoms with Gasteiger partial charge in [-0.25, -0.2) is 0 Å². The molecule has 1 N–H and O–H groups in total. The Labute approximate surface area is 132 Å². The second-order valence-electron chi connectivity index (χ2n) is 5.22. The maximum Gasteiger partial charge on any atom is 0.253 e. The number of halogens is 2. The first kappa shape index (κ1) is 15.1. The first-order valence-electron chi connectivity index (χ1n) is 6.34. The molecule has 0 aliphatic heterocycles. The number of amides is 1. The second-order valence-corrected chi connectivity index (χ2v) is 6.79. The summed E-state index contributed by atoms with van der Waals surface area (Å²) in [4.78, 5) is 13.9. The van der Waals surface area contributed by atoms with Crippen molar-refractivity contribution < 1.29 is 9.90 Å². The number of aliphatic hydroxyl groups is 1. The van der Waals surface area contributed by atoms with Crippen molar-refractivity contribution in [2.75, 3.05) is 13.6 Å². The molecule has 0 unspecified atom stereocenters. The zero-order valence-electron chi connectivity index (χ0n) is 10.8. The van der Waals surface area contributed by atoms with Gasteiger partial charge in [-0.05, 0) is 53.6 Å². The van der Waals surface area contributed by atoms with Crippen LogP contribution in [0.25, 0.3) is 0 Å². The minimum atomic E-state index is -0.711. The highest BCUT2D eigenvalue weighted by Crippen LogP contribution is 2.30. The molecule has 0 bridgehead atoms. The minimum absolute atomic E-state index is 0.0985. The van der Waals surface area contributed by atoms with Gasteiger partial charge in [0.2, 0.25) is 0 Å². The summed E-state index contributed by atoms with van der Waals surface area (Å²) in [6.07, 6.45) is 3.62. The Bertz CT molecular complexity index is 486. The smallest absolute Gasteiger partial charge is 0.253 e. The number of hydrogen-bond acceptors (Lipinski definition) is 2. The lowest BCUT2D eigenvalue weighted by molar-refractivity contribution is 0.0157. The molecule has 1 aromatic carbocycles. The number of benzene rings is 1. The third-order valence-electron chi connectivity index (χ3n) is 3.58. The van der Waals surface area contributed by atoms with Gasteiger partial charge in [0.1, 0.15) is 0 Å². The van der Waals surface area contributed by atoms with Crippen LogP contribution in [-0.2, 0) is 0 Å². The molecular formula is C14H17ClINO2. The highest BCUT2D eigenvalue weighted by molar-refractivity contribution is 14.1. The first-order valence-corrected chi connectivity index (χ1v) is 7.80. The van der Waals surface area contributed by atoms with E-state index in [0.717, 1.165) is 29.3 Å². The van der Waals surface area contributed by atoms with Crippen LogP contribution in [0.4, 0.5) is 0 Å². The van der Waals surface area contributed by atoms with Gasteiger partial charge in [0.25, 0.3) is 5.91 Å². The molecule has 0 atom stereocenters. The molecular weight excluding hydrogens is 377 g/mol. The number of rotatable bonds is 3. The van der Waals surface area contributed by atoms with Crippen LogP contribution < -0.4 is 0 Å². The fraction of sp³-hybridized carbons (Fsp3) is 0.500. The molecule has 104 valence electrons. The van der Waals surface area contributed by atoms with Gasteiger partial charge >= 0.3 is 0 Å². The molecule has 2 rings (SSSR count). The van der Waals surface area contributed by atoms with Crippen LogP contribution in [0.5, 0.6) is 0 Å². The van der Waals surface area contributed by atoms with Gasteiger partial charge in [-0.2, -0.15) is 0 Å². The lowest BCUT2D eigenvalue weighted by Gasteiger charge is -2.28. The Kier molecular flexibility index (Phi) is 4.74. The minimum Gasteiger partial charge on any atom is -0.388 e. The van der Waals surface area contributed by atoms with Crippen molar-refractivity contribution in [1.29, 1.82) is 0 Å². The molecule has 5 heteroatoms. The molecule has 0 saturated heterocycles. The molecule has 0 aromatic heterocycles. The number of hydrogen-bond donors (Lipinski definition) is 1. The van der Waals surface area contributed by atoms with E-state index in [-0.39, 0.29) is 5.91 Å². The van der Waals surface area contributed by atoms with Crippen molar-refractivity contribution in [3.8, 4) is 0 Å². The van der Waals surface area contributed by atoms with Crippen molar-refractivity contribution in [3.63, 3.8) is 0 Å². The monoisotopic (exact) mass is 393 g/mol. The summed E-state index contributed by atoms with van der Waals surface area (Å²) in [5.41, 5.74) is -0.147. The zero-order chi connectivity index (χ0) is 14.0. The van der Waals surface area contributed by atoms with Crippen molar-refractivity contribution in [2.45, 2.75) is 31.3 Å². The SMILES string of the molecule is CN(CC1(O)CCCC1)C(=O)c1ccc(I)c(Cl)c1. The van der Waals surface area contributed by atoms with Crippen LogP contribution >= 0.6 is 34.2 Å². The third-order valence-corrected chi connectivity index (χ3v) is 5.15. The van der Waals surface area contributed by atoms with E-state index in [9.17, 15) is 9.90 Å². The van der Waals surface area contributed by atoms with Crippen molar-refractivity contribution >= 4 is 40.1 Å².